The fraction of sp³-hybridized carbons (Fsp3) is 0.227. The van der Waals surface area contributed by atoms with Gasteiger partial charge in [-0.3, -0.25) is 9.79 Å². The molecule has 154 valence electrons. The van der Waals surface area contributed by atoms with Crippen LogP contribution in [-0.2, 0) is 0 Å². The summed E-state index contributed by atoms with van der Waals surface area (Å²) in [6, 6.07) is 3.68. The van der Waals surface area contributed by atoms with E-state index in [9.17, 15) is 13.6 Å². The smallest absolute Gasteiger partial charge is 0.270 e. The number of fused-ring (bicyclic) bond motifs is 1. The molecule has 0 saturated heterocycles. The predicted octanol–water partition coefficient (Wildman–Crippen LogP) is 4.84. The number of aromatic nitrogens is 1. The Bertz CT molecular complexity index is 1150. The number of allylic oxidation sites excluding steroid dienone is 5. The average molecular weight is 426 g/mol. The highest BCUT2D eigenvalue weighted by Crippen LogP contribution is 2.36. The number of carbonyl (C=O) groups excluding carboxylic acids is 1. The van der Waals surface area contributed by atoms with Gasteiger partial charge >= 0.3 is 0 Å². The molecule has 2 N–H and O–H groups in total. The molecule has 1 atom stereocenters. The summed E-state index contributed by atoms with van der Waals surface area (Å²) in [7, 11) is 0. The normalized spacial score (nSPS) is 18.6. The van der Waals surface area contributed by atoms with Gasteiger partial charge in [-0.1, -0.05) is 12.2 Å². The predicted molar refractivity (Wildman–Crippen MR) is 118 cm³/mol. The van der Waals surface area contributed by atoms with Crippen LogP contribution < -0.4 is 5.73 Å². The van der Waals surface area contributed by atoms with E-state index in [1.165, 1.54) is 23.1 Å². The molecule has 1 unspecified atom stereocenters. The summed E-state index contributed by atoms with van der Waals surface area (Å²) in [6.07, 6.45) is 6.67. The molecular formula is C22H20F2N4OS. The number of nitrogens with zero attached hydrogens (tertiary/aromatic N) is 3. The lowest BCUT2D eigenvalue weighted by molar-refractivity contribution is 0.0798. The number of halogens is 2. The average Bonchev–Trinajstić information content (AvgIpc) is 3.08. The number of carbonyl (C=O) groups is 1. The van der Waals surface area contributed by atoms with Crippen molar-refractivity contribution >= 4 is 44.9 Å². The molecule has 8 heteroatoms. The van der Waals surface area contributed by atoms with Crippen LogP contribution in [0.4, 0.5) is 14.5 Å². The highest BCUT2D eigenvalue weighted by molar-refractivity contribution is 7.21. The van der Waals surface area contributed by atoms with Gasteiger partial charge < -0.3 is 10.6 Å². The first-order valence-electron chi connectivity index (χ1n) is 9.52. The summed E-state index contributed by atoms with van der Waals surface area (Å²) in [5.41, 5.74) is 8.34. The number of aliphatic imine (C=N–C) groups is 1. The van der Waals surface area contributed by atoms with Gasteiger partial charge in [-0.05, 0) is 30.7 Å². The van der Waals surface area contributed by atoms with E-state index in [-0.39, 0.29) is 17.1 Å². The number of dihydropyridines is 1. The Kier molecular flexibility index (Phi) is 5.59. The molecule has 3 heterocycles. The highest BCUT2D eigenvalue weighted by Gasteiger charge is 2.30. The molecule has 2 aromatic rings. The van der Waals surface area contributed by atoms with Crippen LogP contribution in [0.5, 0.6) is 0 Å². The molecule has 5 nitrogen and oxygen atoms in total. The summed E-state index contributed by atoms with van der Waals surface area (Å²) in [5.74, 6) is -1.02. The zero-order valence-corrected chi connectivity index (χ0v) is 17.0. The van der Waals surface area contributed by atoms with E-state index < -0.39 is 24.3 Å². The molecule has 2 aliphatic rings. The van der Waals surface area contributed by atoms with Crippen LogP contribution in [0.3, 0.4) is 0 Å². The lowest BCUT2D eigenvalue weighted by atomic mass is 10.1. The number of nitrogens with two attached hydrogens (primary N) is 1. The quantitative estimate of drug-likeness (QED) is 0.695. The number of alkyl halides is 1. The van der Waals surface area contributed by atoms with Gasteiger partial charge in [0.2, 0.25) is 0 Å². The Hall–Kier alpha value is -3.13. The van der Waals surface area contributed by atoms with Crippen molar-refractivity contribution in [2.24, 2.45) is 4.99 Å². The maximum Gasteiger partial charge on any atom is 0.270 e. The summed E-state index contributed by atoms with van der Waals surface area (Å²) in [5, 5.41) is 0.666. The first kappa shape index (κ1) is 20.2. The lowest BCUT2D eigenvalue weighted by Crippen LogP contribution is -2.35. The molecule has 1 aliphatic heterocycles. The molecule has 0 bridgehead atoms. The number of pyridine rings is 1. The Labute approximate surface area is 176 Å². The van der Waals surface area contributed by atoms with Gasteiger partial charge in [0.15, 0.2) is 0 Å². The summed E-state index contributed by atoms with van der Waals surface area (Å²) < 4.78 is 27.9. The zero-order chi connectivity index (χ0) is 21.3. The van der Waals surface area contributed by atoms with E-state index in [0.29, 0.717) is 15.9 Å². The Morgan fingerprint density at radius 1 is 1.40 bits per heavy atom. The molecule has 4 rings (SSSR count). The first-order chi connectivity index (χ1) is 14.5. The van der Waals surface area contributed by atoms with Crippen molar-refractivity contribution in [3.8, 4) is 0 Å². The van der Waals surface area contributed by atoms with Crippen molar-refractivity contribution < 1.29 is 13.6 Å². The Morgan fingerprint density at radius 2 is 2.23 bits per heavy atom. The second kappa shape index (κ2) is 8.31. The van der Waals surface area contributed by atoms with Crippen LogP contribution in [0.2, 0.25) is 0 Å². The van der Waals surface area contributed by atoms with Gasteiger partial charge in [0.05, 0.1) is 17.1 Å². The molecule has 1 amide bonds. The van der Waals surface area contributed by atoms with Gasteiger partial charge in [0.1, 0.15) is 21.7 Å². The number of nitrogen functional groups attached to an aromatic ring is 1. The Balaban J connectivity index is 1.72. The largest absolute Gasteiger partial charge is 0.397 e. The number of thiophene rings is 1. The molecular weight excluding hydrogens is 406 g/mol. The van der Waals surface area contributed by atoms with Crippen LogP contribution in [0, 0.1) is 0 Å². The van der Waals surface area contributed by atoms with Crippen molar-refractivity contribution in [2.75, 3.05) is 18.8 Å². The van der Waals surface area contributed by atoms with Crippen molar-refractivity contribution in [3.63, 3.8) is 0 Å². The molecule has 30 heavy (non-hydrogen) atoms. The Morgan fingerprint density at radius 3 is 2.93 bits per heavy atom. The van der Waals surface area contributed by atoms with E-state index in [1.807, 2.05) is 12.1 Å². The van der Waals surface area contributed by atoms with Gasteiger partial charge in [0.25, 0.3) is 5.91 Å². The van der Waals surface area contributed by atoms with Crippen LogP contribution in [0.25, 0.3) is 15.8 Å². The molecule has 0 spiro atoms. The fourth-order valence-corrected chi connectivity index (χ4v) is 4.48. The monoisotopic (exact) mass is 426 g/mol. The molecule has 0 aromatic carbocycles. The molecule has 0 radical (unpaired) electrons. The van der Waals surface area contributed by atoms with E-state index in [0.717, 1.165) is 35.6 Å². The van der Waals surface area contributed by atoms with E-state index in [1.54, 1.807) is 6.21 Å². The van der Waals surface area contributed by atoms with Crippen molar-refractivity contribution in [1.29, 1.82) is 0 Å². The number of hydrogen-bond donors (Lipinski definition) is 1. The molecule has 2 aromatic heterocycles. The third-order valence-corrected chi connectivity index (χ3v) is 6.04. The number of rotatable bonds is 5. The molecule has 1 aliphatic carbocycles. The maximum atomic E-state index is 14.5. The van der Waals surface area contributed by atoms with E-state index in [2.05, 4.69) is 22.6 Å². The van der Waals surface area contributed by atoms with E-state index in [4.69, 9.17) is 5.73 Å². The third kappa shape index (κ3) is 3.70. The SMILES string of the molecule is C=CCN(C(=O)c1sc2nc(C3=CCCN=C3)ccc2c1N)C1=CC=C(F)CC1F. The molecule has 0 saturated carbocycles. The summed E-state index contributed by atoms with van der Waals surface area (Å²) in [6.45, 7) is 4.49. The van der Waals surface area contributed by atoms with Crippen LogP contribution >= 0.6 is 11.3 Å². The zero-order valence-electron chi connectivity index (χ0n) is 16.1. The fourth-order valence-electron chi connectivity index (χ4n) is 3.44. The highest BCUT2D eigenvalue weighted by atomic mass is 32.1. The first-order valence-corrected chi connectivity index (χ1v) is 10.3. The minimum atomic E-state index is -1.61. The minimum Gasteiger partial charge on any atom is -0.397 e. The standard InChI is InChI=1S/C22H20F2N4OS/c1-2-10-28(18-8-5-14(23)11-16(18)24)22(29)20-19(25)15-6-7-17(27-21(15)30-20)13-4-3-9-26-12-13/h2,4-8,12,16H,1,3,9-11,25H2. The van der Waals surface area contributed by atoms with Crippen molar-refractivity contribution in [1.82, 2.24) is 9.88 Å². The number of hydrogen-bond acceptors (Lipinski definition) is 5. The topological polar surface area (TPSA) is 71.6 Å². The van der Waals surface area contributed by atoms with Gasteiger partial charge in [-0.25, -0.2) is 13.8 Å². The molecule has 0 fully saturated rings. The van der Waals surface area contributed by atoms with Crippen LogP contribution in [-0.4, -0.2) is 41.3 Å². The van der Waals surface area contributed by atoms with Gasteiger partial charge in [-0.15, -0.1) is 17.9 Å². The third-order valence-electron chi connectivity index (χ3n) is 4.94. The minimum absolute atomic E-state index is 0.0796. The second-order valence-corrected chi connectivity index (χ2v) is 7.96. The van der Waals surface area contributed by atoms with Gasteiger partial charge in [-0.2, -0.15) is 0 Å². The summed E-state index contributed by atoms with van der Waals surface area (Å²) in [4.78, 5) is 24.3. The lowest BCUT2D eigenvalue weighted by Gasteiger charge is -2.27. The number of anilines is 1. The maximum absolute atomic E-state index is 14.5. The van der Waals surface area contributed by atoms with E-state index >= 15 is 0 Å². The number of amides is 1. The van der Waals surface area contributed by atoms with Crippen LogP contribution in [0.1, 0.15) is 28.2 Å². The van der Waals surface area contributed by atoms with Crippen molar-refractivity contribution in [2.45, 2.75) is 19.0 Å². The van der Waals surface area contributed by atoms with Gasteiger partial charge in [0, 0.05) is 36.7 Å². The van der Waals surface area contributed by atoms with Crippen LogP contribution in [0.15, 0.2) is 59.5 Å². The second-order valence-electron chi connectivity index (χ2n) is 6.96. The summed E-state index contributed by atoms with van der Waals surface area (Å²) >= 11 is 1.16. The van der Waals surface area contributed by atoms with Crippen molar-refractivity contribution in [3.05, 3.63) is 65.1 Å².